The number of guanidine groups is 1. The van der Waals surface area contributed by atoms with E-state index in [1.54, 1.807) is 16.2 Å². The van der Waals surface area contributed by atoms with Gasteiger partial charge >= 0.3 is 0 Å². The van der Waals surface area contributed by atoms with Crippen molar-refractivity contribution in [3.8, 4) is 5.75 Å². The molecular weight excluding hydrogens is 463 g/mol. The van der Waals surface area contributed by atoms with Crippen molar-refractivity contribution in [2.75, 3.05) is 31.1 Å². The predicted octanol–water partition coefficient (Wildman–Crippen LogP) is 2.63. The van der Waals surface area contributed by atoms with Crippen LogP contribution in [0.3, 0.4) is 0 Å². The number of anilines is 1. The first-order valence-corrected chi connectivity index (χ1v) is 9.20. The highest BCUT2D eigenvalue weighted by Gasteiger charge is 2.24. The highest BCUT2D eigenvalue weighted by molar-refractivity contribution is 14.0. The number of carbonyl (C=O) groups excluding carboxylic acids is 1. The lowest BCUT2D eigenvalue weighted by molar-refractivity contribution is -0.121. The fourth-order valence-corrected chi connectivity index (χ4v) is 3.36. The van der Waals surface area contributed by atoms with Gasteiger partial charge in [0.05, 0.1) is 5.69 Å². The first kappa shape index (κ1) is 20.5. The zero-order valence-electron chi connectivity index (χ0n) is 14.4. The van der Waals surface area contributed by atoms with Crippen molar-refractivity contribution in [1.82, 2.24) is 5.32 Å². The quantitative estimate of drug-likeness (QED) is 0.273. The maximum Gasteiger partial charge on any atom is 0.265 e. The van der Waals surface area contributed by atoms with Gasteiger partial charge in [-0.25, -0.2) is 0 Å². The van der Waals surface area contributed by atoms with Gasteiger partial charge < -0.3 is 20.7 Å². The topological polar surface area (TPSA) is 80.0 Å². The first-order chi connectivity index (χ1) is 12.2. The molecule has 1 aromatic carbocycles. The Bertz CT molecular complexity index is 737. The van der Waals surface area contributed by atoms with Gasteiger partial charge in [-0.15, -0.1) is 35.3 Å². The van der Waals surface area contributed by atoms with Crippen LogP contribution in [0.25, 0.3) is 0 Å². The summed E-state index contributed by atoms with van der Waals surface area (Å²) in [6, 6.07) is 11.7. The molecule has 3 rings (SSSR count). The Morgan fingerprint density at radius 2 is 2.15 bits per heavy atom. The minimum atomic E-state index is -0.0234. The second-order valence-corrected chi connectivity index (χ2v) is 6.71. The average molecular weight is 486 g/mol. The smallest absolute Gasteiger partial charge is 0.265 e. The third-order valence-corrected chi connectivity index (χ3v) is 4.82. The molecule has 6 nitrogen and oxygen atoms in total. The van der Waals surface area contributed by atoms with E-state index < -0.39 is 0 Å². The molecule has 0 atom stereocenters. The molecular formula is C18H23IN4O2S. The van der Waals surface area contributed by atoms with E-state index in [9.17, 15) is 4.79 Å². The summed E-state index contributed by atoms with van der Waals surface area (Å²) in [4.78, 5) is 19.5. The molecule has 140 valence electrons. The number of benzene rings is 1. The number of hydrogen-bond donors (Lipinski definition) is 2. The number of thiophene rings is 1. The molecule has 2 heterocycles. The largest absolute Gasteiger partial charge is 0.482 e. The van der Waals surface area contributed by atoms with Crippen LogP contribution in [0.15, 0.2) is 46.8 Å². The second-order valence-electron chi connectivity index (χ2n) is 5.68. The van der Waals surface area contributed by atoms with Gasteiger partial charge in [-0.2, -0.15) is 0 Å². The van der Waals surface area contributed by atoms with Gasteiger partial charge in [-0.3, -0.25) is 9.79 Å². The molecule has 1 aromatic heterocycles. The highest BCUT2D eigenvalue weighted by Crippen LogP contribution is 2.31. The summed E-state index contributed by atoms with van der Waals surface area (Å²) in [7, 11) is 0. The van der Waals surface area contributed by atoms with E-state index in [0.29, 0.717) is 19.0 Å². The lowest BCUT2D eigenvalue weighted by atomic mass is 10.2. The molecule has 26 heavy (non-hydrogen) atoms. The van der Waals surface area contributed by atoms with Crippen LogP contribution in [0.1, 0.15) is 11.3 Å². The Morgan fingerprint density at radius 3 is 2.96 bits per heavy atom. The lowest BCUT2D eigenvalue weighted by Crippen LogP contribution is -2.39. The van der Waals surface area contributed by atoms with Crippen molar-refractivity contribution in [3.05, 3.63) is 46.7 Å². The van der Waals surface area contributed by atoms with E-state index >= 15 is 0 Å². The van der Waals surface area contributed by atoms with E-state index in [1.807, 2.05) is 30.3 Å². The minimum absolute atomic E-state index is 0. The van der Waals surface area contributed by atoms with Crippen LogP contribution in [-0.4, -0.2) is 38.1 Å². The third-order valence-electron chi connectivity index (χ3n) is 3.89. The average Bonchev–Trinajstić information content (AvgIpc) is 3.13. The second kappa shape index (κ2) is 10.4. The number of aliphatic imine (C=N–C) groups is 1. The molecule has 2 aromatic rings. The molecule has 0 saturated carbocycles. The van der Waals surface area contributed by atoms with Crippen LogP contribution in [0.5, 0.6) is 5.75 Å². The van der Waals surface area contributed by atoms with Gasteiger partial charge in [0.25, 0.3) is 5.91 Å². The molecule has 0 unspecified atom stereocenters. The highest BCUT2D eigenvalue weighted by atomic mass is 127. The van der Waals surface area contributed by atoms with E-state index in [1.165, 1.54) is 4.88 Å². The van der Waals surface area contributed by atoms with Crippen LogP contribution >= 0.6 is 35.3 Å². The predicted molar refractivity (Wildman–Crippen MR) is 117 cm³/mol. The number of rotatable bonds is 7. The molecule has 8 heteroatoms. The Labute approximate surface area is 174 Å². The summed E-state index contributed by atoms with van der Waals surface area (Å²) < 4.78 is 5.44. The molecule has 1 aliphatic rings. The summed E-state index contributed by atoms with van der Waals surface area (Å²) in [5, 5.41) is 5.18. The maximum atomic E-state index is 12.1. The normalized spacial score (nSPS) is 13.6. The molecule has 0 radical (unpaired) electrons. The van der Waals surface area contributed by atoms with E-state index in [2.05, 4.69) is 21.8 Å². The Morgan fingerprint density at radius 1 is 1.31 bits per heavy atom. The van der Waals surface area contributed by atoms with Gasteiger partial charge in [-0.05, 0) is 36.4 Å². The molecule has 0 aliphatic carbocycles. The van der Waals surface area contributed by atoms with Crippen molar-refractivity contribution < 1.29 is 9.53 Å². The number of para-hydroxylation sites is 2. The summed E-state index contributed by atoms with van der Waals surface area (Å²) in [5.41, 5.74) is 6.70. The molecule has 1 amide bonds. The van der Waals surface area contributed by atoms with Crippen LogP contribution in [-0.2, 0) is 11.2 Å². The van der Waals surface area contributed by atoms with Crippen molar-refractivity contribution >= 4 is 52.9 Å². The fraction of sp³-hybridized carbons (Fsp3) is 0.333. The fourth-order valence-electron chi connectivity index (χ4n) is 2.65. The van der Waals surface area contributed by atoms with Gasteiger partial charge in [-0.1, -0.05) is 18.2 Å². The molecule has 0 fully saturated rings. The van der Waals surface area contributed by atoms with E-state index in [-0.39, 0.29) is 36.5 Å². The molecule has 3 N–H and O–H groups in total. The van der Waals surface area contributed by atoms with Crippen molar-refractivity contribution in [2.24, 2.45) is 10.7 Å². The first-order valence-electron chi connectivity index (χ1n) is 8.32. The van der Waals surface area contributed by atoms with Crippen molar-refractivity contribution in [3.63, 3.8) is 0 Å². The molecule has 0 saturated heterocycles. The third kappa shape index (κ3) is 5.60. The zero-order chi connectivity index (χ0) is 17.5. The van der Waals surface area contributed by atoms with E-state index in [4.69, 9.17) is 10.5 Å². The zero-order valence-corrected chi connectivity index (χ0v) is 17.5. The number of carbonyl (C=O) groups is 1. The number of ether oxygens (including phenoxy) is 1. The van der Waals surface area contributed by atoms with Crippen molar-refractivity contribution in [2.45, 2.75) is 12.8 Å². The van der Waals surface area contributed by atoms with Gasteiger partial charge in [0.2, 0.25) is 0 Å². The van der Waals surface area contributed by atoms with Gasteiger partial charge in [0.15, 0.2) is 12.6 Å². The van der Waals surface area contributed by atoms with Crippen LogP contribution in [0, 0.1) is 0 Å². The summed E-state index contributed by atoms with van der Waals surface area (Å²) in [6.45, 7) is 2.04. The summed E-state index contributed by atoms with van der Waals surface area (Å²) in [5.74, 6) is 1.18. The SMILES string of the molecule is I.NC(=NCCCN1C(=O)COc2ccccc21)NCCc1cccs1. The number of nitrogens with one attached hydrogen (secondary N) is 1. The van der Waals surface area contributed by atoms with Crippen molar-refractivity contribution in [1.29, 1.82) is 0 Å². The van der Waals surface area contributed by atoms with E-state index in [0.717, 1.165) is 30.8 Å². The Kier molecular flexibility index (Phi) is 8.17. The number of hydrogen-bond acceptors (Lipinski definition) is 4. The molecule has 0 spiro atoms. The van der Waals surface area contributed by atoms with Crippen LogP contribution in [0.2, 0.25) is 0 Å². The Balaban J connectivity index is 0.00000243. The number of nitrogens with zero attached hydrogens (tertiary/aromatic N) is 2. The summed E-state index contributed by atoms with van der Waals surface area (Å²) >= 11 is 1.74. The number of nitrogens with two attached hydrogens (primary N) is 1. The summed E-state index contributed by atoms with van der Waals surface area (Å²) in [6.07, 6.45) is 1.68. The Hall–Kier alpha value is -1.81. The monoisotopic (exact) mass is 486 g/mol. The lowest BCUT2D eigenvalue weighted by Gasteiger charge is -2.29. The number of fused-ring (bicyclic) bond motifs is 1. The van der Waals surface area contributed by atoms with Crippen LogP contribution in [0.4, 0.5) is 5.69 Å². The number of halogens is 1. The number of amides is 1. The molecule has 1 aliphatic heterocycles. The van der Waals surface area contributed by atoms with Gasteiger partial charge in [0.1, 0.15) is 5.75 Å². The molecule has 0 bridgehead atoms. The maximum absolute atomic E-state index is 12.1. The minimum Gasteiger partial charge on any atom is -0.482 e. The van der Waals surface area contributed by atoms with Gasteiger partial charge in [0, 0.05) is 24.5 Å². The standard InChI is InChI=1S/C18H22N4O2S.HI/c19-18(21-10-8-14-5-3-12-25-14)20-9-4-11-22-15-6-1-2-7-16(15)24-13-17(22)23;/h1-3,5-7,12H,4,8-11,13H2,(H3,19,20,21);1H. The van der Waals surface area contributed by atoms with Crippen LogP contribution < -0.4 is 20.7 Å².